The van der Waals surface area contributed by atoms with Crippen LogP contribution in [0.1, 0.15) is 39.0 Å². The summed E-state index contributed by atoms with van der Waals surface area (Å²) in [5.74, 6) is -0.706. The minimum absolute atomic E-state index is 0.261. The molecule has 0 amide bonds. The zero-order chi connectivity index (χ0) is 10.4. The van der Waals surface area contributed by atoms with Crippen LogP contribution in [0.25, 0.3) is 0 Å². The predicted molar refractivity (Wildman–Crippen MR) is 56.2 cm³/mol. The third kappa shape index (κ3) is 4.42. The van der Waals surface area contributed by atoms with Crippen molar-refractivity contribution in [2.45, 2.75) is 51.1 Å². The highest BCUT2D eigenvalue weighted by Crippen LogP contribution is 2.12. The second-order valence-electron chi connectivity index (χ2n) is 3.98. The van der Waals surface area contributed by atoms with Gasteiger partial charge in [0.15, 0.2) is 0 Å². The molecule has 1 aliphatic rings. The average molecular weight is 197 g/mol. The van der Waals surface area contributed by atoms with Gasteiger partial charge in [-0.15, -0.1) is 0 Å². The van der Waals surface area contributed by atoms with Crippen LogP contribution >= 0.6 is 0 Å². The van der Waals surface area contributed by atoms with E-state index in [1.165, 1.54) is 6.42 Å². The smallest absolute Gasteiger partial charge is 0.303 e. The fourth-order valence-electron chi connectivity index (χ4n) is 1.77. The molecule has 1 aliphatic carbocycles. The molecule has 0 aromatic carbocycles. The Balaban J connectivity index is 2.15. The van der Waals surface area contributed by atoms with Gasteiger partial charge in [0, 0.05) is 18.5 Å². The lowest BCUT2D eigenvalue weighted by Crippen LogP contribution is -2.37. The standard InChI is InChI=1S/C11H19NO2/c1-9(7-8-11(13)14)12-10-5-3-2-4-6-10/h2-3,9-10,12H,4-8H2,1H3,(H,13,14). The molecule has 0 aliphatic heterocycles. The van der Waals surface area contributed by atoms with E-state index < -0.39 is 5.97 Å². The number of allylic oxidation sites excluding steroid dienone is 1. The quantitative estimate of drug-likeness (QED) is 0.662. The van der Waals surface area contributed by atoms with Gasteiger partial charge in [0.1, 0.15) is 0 Å². The minimum Gasteiger partial charge on any atom is -0.481 e. The lowest BCUT2D eigenvalue weighted by atomic mass is 10.0. The molecule has 2 atom stereocenters. The van der Waals surface area contributed by atoms with Crippen LogP contribution in [0.2, 0.25) is 0 Å². The van der Waals surface area contributed by atoms with Gasteiger partial charge in [-0.05, 0) is 32.6 Å². The van der Waals surface area contributed by atoms with Crippen LogP contribution in [0, 0.1) is 0 Å². The number of hydrogen-bond acceptors (Lipinski definition) is 2. The lowest BCUT2D eigenvalue weighted by molar-refractivity contribution is -0.137. The predicted octanol–water partition coefficient (Wildman–Crippen LogP) is 1.94. The molecule has 80 valence electrons. The summed E-state index contributed by atoms with van der Waals surface area (Å²) < 4.78 is 0. The van der Waals surface area contributed by atoms with Gasteiger partial charge in [-0.25, -0.2) is 0 Å². The monoisotopic (exact) mass is 197 g/mol. The summed E-state index contributed by atoms with van der Waals surface area (Å²) in [6, 6.07) is 0.853. The largest absolute Gasteiger partial charge is 0.481 e. The van der Waals surface area contributed by atoms with E-state index in [1.54, 1.807) is 0 Å². The molecule has 0 saturated carbocycles. The molecule has 3 heteroatoms. The average Bonchev–Trinajstić information content (AvgIpc) is 2.16. The highest BCUT2D eigenvalue weighted by molar-refractivity contribution is 5.66. The fourth-order valence-corrected chi connectivity index (χ4v) is 1.77. The molecule has 2 unspecified atom stereocenters. The maximum atomic E-state index is 10.4. The van der Waals surface area contributed by atoms with Gasteiger partial charge >= 0.3 is 5.97 Å². The van der Waals surface area contributed by atoms with E-state index in [-0.39, 0.29) is 6.42 Å². The van der Waals surface area contributed by atoms with Crippen LogP contribution in [0.5, 0.6) is 0 Å². The Morgan fingerprint density at radius 3 is 3.00 bits per heavy atom. The molecule has 1 rings (SSSR count). The van der Waals surface area contributed by atoms with Crippen LogP contribution in [-0.2, 0) is 4.79 Å². The van der Waals surface area contributed by atoms with Gasteiger partial charge in [0.2, 0.25) is 0 Å². The van der Waals surface area contributed by atoms with Crippen molar-refractivity contribution in [1.82, 2.24) is 5.32 Å². The number of rotatable bonds is 5. The van der Waals surface area contributed by atoms with Crippen molar-refractivity contribution in [2.75, 3.05) is 0 Å². The molecular formula is C11H19NO2. The minimum atomic E-state index is -0.706. The lowest BCUT2D eigenvalue weighted by Gasteiger charge is -2.23. The Morgan fingerprint density at radius 2 is 2.43 bits per heavy atom. The van der Waals surface area contributed by atoms with Crippen molar-refractivity contribution in [3.63, 3.8) is 0 Å². The second kappa shape index (κ2) is 5.81. The van der Waals surface area contributed by atoms with Crippen molar-refractivity contribution in [3.8, 4) is 0 Å². The number of nitrogens with one attached hydrogen (secondary N) is 1. The highest BCUT2D eigenvalue weighted by Gasteiger charge is 2.13. The summed E-state index contributed by atoms with van der Waals surface area (Å²) in [5.41, 5.74) is 0. The van der Waals surface area contributed by atoms with Crippen molar-refractivity contribution in [2.24, 2.45) is 0 Å². The summed E-state index contributed by atoms with van der Waals surface area (Å²) in [6.07, 6.45) is 8.78. The first-order valence-electron chi connectivity index (χ1n) is 5.31. The first-order valence-corrected chi connectivity index (χ1v) is 5.31. The van der Waals surface area contributed by atoms with Gasteiger partial charge in [-0.1, -0.05) is 12.2 Å². The summed E-state index contributed by atoms with van der Waals surface area (Å²) in [5, 5.41) is 12.0. The molecule has 0 radical (unpaired) electrons. The Labute approximate surface area is 85.2 Å². The first kappa shape index (κ1) is 11.2. The highest BCUT2D eigenvalue weighted by atomic mass is 16.4. The number of hydrogen-bond donors (Lipinski definition) is 2. The first-order chi connectivity index (χ1) is 6.68. The fraction of sp³-hybridized carbons (Fsp3) is 0.727. The SMILES string of the molecule is CC(CCC(=O)O)NC1CC=CCC1. The van der Waals surface area contributed by atoms with Crippen LogP contribution in [0.3, 0.4) is 0 Å². The third-order valence-corrected chi connectivity index (χ3v) is 2.58. The molecule has 0 spiro atoms. The number of carboxylic acids is 1. The molecule has 0 saturated heterocycles. The Hall–Kier alpha value is -0.830. The van der Waals surface area contributed by atoms with Crippen LogP contribution in [0.15, 0.2) is 12.2 Å². The molecule has 0 heterocycles. The molecule has 0 fully saturated rings. The third-order valence-electron chi connectivity index (χ3n) is 2.58. The Morgan fingerprint density at radius 1 is 1.64 bits per heavy atom. The maximum Gasteiger partial charge on any atom is 0.303 e. The summed E-state index contributed by atoms with van der Waals surface area (Å²) in [4.78, 5) is 10.4. The molecular weight excluding hydrogens is 178 g/mol. The van der Waals surface area contributed by atoms with Gasteiger partial charge in [-0.3, -0.25) is 4.79 Å². The zero-order valence-electron chi connectivity index (χ0n) is 8.70. The molecule has 0 aromatic rings. The summed E-state index contributed by atoms with van der Waals surface area (Å²) in [6.45, 7) is 2.06. The molecule has 0 aromatic heterocycles. The van der Waals surface area contributed by atoms with E-state index in [4.69, 9.17) is 5.11 Å². The normalized spacial score (nSPS) is 23.4. The Bertz CT molecular complexity index is 213. The van der Waals surface area contributed by atoms with Crippen molar-refractivity contribution in [3.05, 3.63) is 12.2 Å². The van der Waals surface area contributed by atoms with E-state index in [0.717, 1.165) is 19.3 Å². The van der Waals surface area contributed by atoms with E-state index >= 15 is 0 Å². The van der Waals surface area contributed by atoms with Gasteiger partial charge < -0.3 is 10.4 Å². The van der Waals surface area contributed by atoms with Crippen molar-refractivity contribution < 1.29 is 9.90 Å². The van der Waals surface area contributed by atoms with Gasteiger partial charge in [0.05, 0.1) is 0 Å². The van der Waals surface area contributed by atoms with Gasteiger partial charge in [-0.2, -0.15) is 0 Å². The molecule has 14 heavy (non-hydrogen) atoms. The van der Waals surface area contributed by atoms with E-state index in [0.29, 0.717) is 12.1 Å². The van der Waals surface area contributed by atoms with Gasteiger partial charge in [0.25, 0.3) is 0 Å². The summed E-state index contributed by atoms with van der Waals surface area (Å²) in [7, 11) is 0. The number of carbonyl (C=O) groups is 1. The van der Waals surface area contributed by atoms with Crippen LogP contribution < -0.4 is 5.32 Å². The number of aliphatic carboxylic acids is 1. The maximum absolute atomic E-state index is 10.4. The number of carboxylic acid groups (broad SMARTS) is 1. The molecule has 0 bridgehead atoms. The van der Waals surface area contributed by atoms with Crippen molar-refractivity contribution in [1.29, 1.82) is 0 Å². The topological polar surface area (TPSA) is 49.3 Å². The molecule has 3 nitrogen and oxygen atoms in total. The van der Waals surface area contributed by atoms with Crippen LogP contribution in [0.4, 0.5) is 0 Å². The van der Waals surface area contributed by atoms with E-state index in [2.05, 4.69) is 24.4 Å². The second-order valence-corrected chi connectivity index (χ2v) is 3.98. The van der Waals surface area contributed by atoms with Crippen LogP contribution in [-0.4, -0.2) is 23.2 Å². The molecule has 2 N–H and O–H groups in total. The van der Waals surface area contributed by atoms with Crippen molar-refractivity contribution >= 4 is 5.97 Å². The van der Waals surface area contributed by atoms with E-state index in [1.807, 2.05) is 0 Å². The Kier molecular flexibility index (Phi) is 4.66. The summed E-state index contributed by atoms with van der Waals surface area (Å²) >= 11 is 0. The zero-order valence-corrected chi connectivity index (χ0v) is 8.70. The van der Waals surface area contributed by atoms with E-state index in [9.17, 15) is 4.79 Å².